The fourth-order valence-electron chi connectivity index (χ4n) is 1.40. The van der Waals surface area contributed by atoms with E-state index in [0.29, 0.717) is 6.54 Å². The molecule has 0 rings (SSSR count). The molecule has 1 amide bonds. The zero-order chi connectivity index (χ0) is 13.1. The van der Waals surface area contributed by atoms with E-state index in [1.54, 1.807) is 0 Å². The Morgan fingerprint density at radius 1 is 1.29 bits per heavy atom. The Morgan fingerprint density at radius 2 is 2.00 bits per heavy atom. The molecule has 0 aromatic carbocycles. The molecule has 4 nitrogen and oxygen atoms in total. The first kappa shape index (κ1) is 15.9. The summed E-state index contributed by atoms with van der Waals surface area (Å²) in [6.07, 6.45) is 3.90. The van der Waals surface area contributed by atoms with Crippen molar-refractivity contribution in [3.63, 3.8) is 0 Å². The molecule has 17 heavy (non-hydrogen) atoms. The van der Waals surface area contributed by atoms with Crippen molar-refractivity contribution in [1.29, 1.82) is 5.26 Å². The number of carbonyl (C=O) groups excluding carboxylic acids is 1. The molecule has 98 valence electrons. The predicted molar refractivity (Wildman–Crippen MR) is 69.4 cm³/mol. The van der Waals surface area contributed by atoms with Gasteiger partial charge in [-0.3, -0.25) is 4.79 Å². The second-order valence-corrected chi connectivity index (χ2v) is 4.98. The summed E-state index contributed by atoms with van der Waals surface area (Å²) < 4.78 is 0. The average molecular weight is 239 g/mol. The van der Waals surface area contributed by atoms with E-state index in [2.05, 4.69) is 16.7 Å². The molecule has 0 aromatic rings. The topological polar surface area (TPSA) is 64.9 Å². The molecule has 0 fully saturated rings. The number of nitrogens with one attached hydrogen (secondary N) is 2. The molecule has 0 aliphatic rings. The zero-order valence-corrected chi connectivity index (χ0v) is 11.3. The molecule has 4 heteroatoms. The summed E-state index contributed by atoms with van der Waals surface area (Å²) in [6.45, 7) is 7.92. The second-order valence-electron chi connectivity index (χ2n) is 4.98. The lowest BCUT2D eigenvalue weighted by molar-refractivity contribution is -0.120. The molecule has 0 aliphatic heterocycles. The van der Waals surface area contributed by atoms with E-state index in [0.717, 1.165) is 38.8 Å². The lowest BCUT2D eigenvalue weighted by Crippen LogP contribution is -2.34. The van der Waals surface area contributed by atoms with Crippen LogP contribution in [0.2, 0.25) is 0 Å². The van der Waals surface area contributed by atoms with Crippen LogP contribution in [0.4, 0.5) is 0 Å². The molecular formula is C13H25N3O. The number of unbranched alkanes of at least 4 members (excludes halogenated alkanes) is 1. The van der Waals surface area contributed by atoms with Gasteiger partial charge in [0.05, 0.1) is 18.0 Å². The van der Waals surface area contributed by atoms with Crippen LogP contribution < -0.4 is 10.6 Å². The fourth-order valence-corrected chi connectivity index (χ4v) is 1.40. The van der Waals surface area contributed by atoms with Gasteiger partial charge in [0.1, 0.15) is 0 Å². The highest BCUT2D eigenvalue weighted by Crippen LogP contribution is 2.21. The van der Waals surface area contributed by atoms with E-state index in [1.165, 1.54) is 0 Å². The first-order chi connectivity index (χ1) is 8.02. The van der Waals surface area contributed by atoms with Crippen molar-refractivity contribution in [2.45, 2.75) is 46.5 Å². The highest BCUT2D eigenvalue weighted by atomic mass is 16.1. The third kappa shape index (κ3) is 9.83. The van der Waals surface area contributed by atoms with Crippen molar-refractivity contribution in [2.75, 3.05) is 19.6 Å². The van der Waals surface area contributed by atoms with Gasteiger partial charge in [0, 0.05) is 6.54 Å². The summed E-state index contributed by atoms with van der Waals surface area (Å²) >= 11 is 0. The van der Waals surface area contributed by atoms with Crippen LogP contribution >= 0.6 is 0 Å². The van der Waals surface area contributed by atoms with Crippen molar-refractivity contribution in [2.24, 2.45) is 5.41 Å². The third-order valence-corrected chi connectivity index (χ3v) is 2.57. The lowest BCUT2D eigenvalue weighted by atomic mass is 9.89. The predicted octanol–water partition coefficient (Wildman–Crippen LogP) is 1.82. The van der Waals surface area contributed by atoms with Crippen LogP contribution in [0.1, 0.15) is 46.5 Å². The van der Waals surface area contributed by atoms with Gasteiger partial charge in [-0.05, 0) is 39.7 Å². The molecule has 0 radical (unpaired) electrons. The van der Waals surface area contributed by atoms with Crippen LogP contribution in [0.5, 0.6) is 0 Å². The minimum Gasteiger partial charge on any atom is -0.355 e. The van der Waals surface area contributed by atoms with E-state index >= 15 is 0 Å². The molecule has 0 heterocycles. The molecular weight excluding hydrogens is 214 g/mol. The normalized spacial score (nSPS) is 10.9. The van der Waals surface area contributed by atoms with Crippen molar-refractivity contribution < 1.29 is 4.79 Å². The molecule has 0 aliphatic carbocycles. The highest BCUT2D eigenvalue weighted by molar-refractivity contribution is 5.77. The van der Waals surface area contributed by atoms with E-state index in [9.17, 15) is 4.79 Å². The van der Waals surface area contributed by atoms with Crippen molar-refractivity contribution in [1.82, 2.24) is 10.6 Å². The zero-order valence-electron chi connectivity index (χ0n) is 11.3. The van der Waals surface area contributed by atoms with Crippen LogP contribution in [0.3, 0.4) is 0 Å². The minimum absolute atomic E-state index is 0.0594. The number of nitriles is 1. The molecule has 0 atom stereocenters. The Bertz CT molecular complexity index is 256. The summed E-state index contributed by atoms with van der Waals surface area (Å²) in [7, 11) is 0. The summed E-state index contributed by atoms with van der Waals surface area (Å²) in [5.74, 6) is 0.0594. The molecule has 0 unspecified atom stereocenters. The van der Waals surface area contributed by atoms with Gasteiger partial charge in [-0.15, -0.1) is 0 Å². The largest absolute Gasteiger partial charge is 0.355 e. The van der Waals surface area contributed by atoms with Crippen molar-refractivity contribution in [3.8, 4) is 6.07 Å². The standard InChI is InChI=1S/C13H25N3O/c1-4-8-16-12(17)10-15-9-6-5-7-13(2,3)11-14/h15H,4-10H2,1-3H3,(H,16,17). The number of nitrogens with zero attached hydrogens (tertiary/aromatic N) is 1. The van der Waals surface area contributed by atoms with Gasteiger partial charge >= 0.3 is 0 Å². The van der Waals surface area contributed by atoms with Gasteiger partial charge in [-0.25, -0.2) is 0 Å². The SMILES string of the molecule is CCCNC(=O)CNCCCCC(C)(C)C#N. The number of amides is 1. The minimum atomic E-state index is -0.224. The van der Waals surface area contributed by atoms with Crippen LogP contribution in [0.25, 0.3) is 0 Å². The van der Waals surface area contributed by atoms with Gasteiger partial charge in [0.25, 0.3) is 0 Å². The Hall–Kier alpha value is -1.08. The van der Waals surface area contributed by atoms with E-state index in [4.69, 9.17) is 5.26 Å². The smallest absolute Gasteiger partial charge is 0.233 e. The molecule has 0 bridgehead atoms. The maximum Gasteiger partial charge on any atom is 0.233 e. The Kier molecular flexibility index (Phi) is 8.43. The van der Waals surface area contributed by atoms with Crippen molar-refractivity contribution in [3.05, 3.63) is 0 Å². The highest BCUT2D eigenvalue weighted by Gasteiger charge is 2.15. The fraction of sp³-hybridized carbons (Fsp3) is 0.846. The molecule has 0 spiro atoms. The van der Waals surface area contributed by atoms with E-state index in [-0.39, 0.29) is 11.3 Å². The van der Waals surface area contributed by atoms with Gasteiger partial charge in [0.2, 0.25) is 5.91 Å². The Morgan fingerprint density at radius 3 is 2.59 bits per heavy atom. The molecule has 0 saturated heterocycles. The van der Waals surface area contributed by atoms with Crippen LogP contribution in [0, 0.1) is 16.7 Å². The Labute approximate surface area is 105 Å². The summed E-state index contributed by atoms with van der Waals surface area (Å²) in [5, 5.41) is 14.7. The lowest BCUT2D eigenvalue weighted by Gasteiger charge is -2.14. The van der Waals surface area contributed by atoms with Crippen LogP contribution in [0.15, 0.2) is 0 Å². The summed E-state index contributed by atoms with van der Waals surface area (Å²) in [5.41, 5.74) is -0.224. The maximum absolute atomic E-state index is 11.2. The van der Waals surface area contributed by atoms with Gasteiger partial charge in [-0.2, -0.15) is 5.26 Å². The van der Waals surface area contributed by atoms with Gasteiger partial charge < -0.3 is 10.6 Å². The van der Waals surface area contributed by atoms with Crippen LogP contribution in [-0.2, 0) is 4.79 Å². The van der Waals surface area contributed by atoms with Crippen molar-refractivity contribution >= 4 is 5.91 Å². The van der Waals surface area contributed by atoms with Gasteiger partial charge in [-0.1, -0.05) is 13.3 Å². The van der Waals surface area contributed by atoms with Crippen LogP contribution in [-0.4, -0.2) is 25.5 Å². The van der Waals surface area contributed by atoms with E-state index < -0.39 is 0 Å². The van der Waals surface area contributed by atoms with E-state index in [1.807, 2.05) is 20.8 Å². The molecule has 0 saturated carbocycles. The molecule has 2 N–H and O–H groups in total. The molecule has 0 aromatic heterocycles. The number of hydrogen-bond donors (Lipinski definition) is 2. The average Bonchev–Trinajstić information content (AvgIpc) is 2.31. The maximum atomic E-state index is 11.2. The number of rotatable bonds is 9. The quantitative estimate of drug-likeness (QED) is 0.603. The first-order valence-corrected chi connectivity index (χ1v) is 6.40. The Balaban J connectivity index is 3.36. The summed E-state index contributed by atoms with van der Waals surface area (Å²) in [6, 6.07) is 2.29. The number of carbonyl (C=O) groups is 1. The third-order valence-electron chi connectivity index (χ3n) is 2.57. The monoisotopic (exact) mass is 239 g/mol. The number of hydrogen-bond acceptors (Lipinski definition) is 3. The summed E-state index contributed by atoms with van der Waals surface area (Å²) in [4.78, 5) is 11.2. The van der Waals surface area contributed by atoms with Gasteiger partial charge in [0.15, 0.2) is 0 Å². The second kappa shape index (κ2) is 9.00. The first-order valence-electron chi connectivity index (χ1n) is 6.40.